The molecule has 0 bridgehead atoms. The molecule has 0 aromatic heterocycles. The van der Waals surface area contributed by atoms with E-state index in [1.165, 1.54) is 193 Å². The Morgan fingerprint density at radius 3 is 0.569 bits per heavy atom. The van der Waals surface area contributed by atoms with Gasteiger partial charge < -0.3 is 19.8 Å². The summed E-state index contributed by atoms with van der Waals surface area (Å²) >= 11 is 0. The van der Waals surface area contributed by atoms with E-state index in [0.29, 0.717) is 0 Å². The van der Waals surface area contributed by atoms with Crippen LogP contribution in [-0.2, 0) is 26.2 Å². The molecule has 6 saturated carbocycles. The maximum Gasteiger partial charge on any atom is 0.197 e. The second-order valence-corrected chi connectivity index (χ2v) is 26.7. The Labute approximate surface area is 339 Å². The normalized spacial score (nSPS) is 25.4. The Kier molecular flexibility index (Phi) is 25.5. The van der Waals surface area contributed by atoms with Crippen molar-refractivity contribution >= 4 is 16.6 Å². The van der Waals surface area contributed by atoms with Crippen LogP contribution in [0.5, 0.6) is 0 Å². The van der Waals surface area contributed by atoms with Crippen LogP contribution in [0.25, 0.3) is 0 Å². The van der Waals surface area contributed by atoms with Gasteiger partial charge >= 0.3 is 0 Å². The number of aliphatic hydroxyl groups excluding tert-OH is 2. The summed E-state index contributed by atoms with van der Waals surface area (Å²) in [5, 5.41) is 16.7. The van der Waals surface area contributed by atoms with Crippen molar-refractivity contribution in [2.75, 3.05) is 0 Å². The second-order valence-electron chi connectivity index (χ2n) is 18.3. The van der Waals surface area contributed by atoms with Gasteiger partial charge in [-0.1, -0.05) is 206 Å². The van der Waals surface area contributed by atoms with Crippen molar-refractivity contribution < 1.29 is 46.0 Å². The van der Waals surface area contributed by atoms with Crippen molar-refractivity contribution in [3.8, 4) is 0 Å². The third kappa shape index (κ3) is 15.6. The Bertz CT molecular complexity index is 664. The van der Waals surface area contributed by atoms with E-state index in [9.17, 15) is 9.59 Å². The fourth-order valence-electron chi connectivity index (χ4n) is 11.4. The predicted octanol–water partition coefficient (Wildman–Crippen LogP) is 13.4. The molecular formula is C44H88O4Si2Zr. The summed E-state index contributed by atoms with van der Waals surface area (Å²) in [6, 6.07) is 0. The zero-order chi connectivity index (χ0) is 36.2. The van der Waals surface area contributed by atoms with E-state index in [1.807, 2.05) is 13.8 Å². The van der Waals surface area contributed by atoms with Crippen LogP contribution in [-0.4, -0.2) is 48.6 Å². The van der Waals surface area contributed by atoms with Crippen LogP contribution in [0.1, 0.15) is 233 Å². The van der Waals surface area contributed by atoms with Crippen LogP contribution >= 0.6 is 0 Å². The van der Waals surface area contributed by atoms with Crippen molar-refractivity contribution in [2.45, 2.75) is 279 Å². The predicted molar refractivity (Wildman–Crippen MR) is 221 cm³/mol. The summed E-state index contributed by atoms with van der Waals surface area (Å²) in [6.07, 6.45) is 43.3. The average molecular weight is 829 g/mol. The van der Waals surface area contributed by atoms with Crippen LogP contribution in [0.4, 0.5) is 0 Å². The Hall–Kier alpha value is 1.16. The van der Waals surface area contributed by atoms with Gasteiger partial charge in [0.2, 0.25) is 0 Å². The Balaban J connectivity index is 0.000000276. The van der Waals surface area contributed by atoms with Crippen LogP contribution < -0.4 is 0 Å². The van der Waals surface area contributed by atoms with Gasteiger partial charge in [0.25, 0.3) is 0 Å². The number of hydrogen-bond donors (Lipinski definition) is 4. The average Bonchev–Trinajstić information content (AvgIpc) is 3.20. The molecule has 0 spiro atoms. The molecule has 0 heterocycles. The van der Waals surface area contributed by atoms with Gasteiger partial charge in [-0.05, 0) is 59.9 Å². The van der Waals surface area contributed by atoms with Gasteiger partial charge in [0.1, 0.15) is 0 Å². The molecule has 0 aromatic carbocycles. The SMILES string of the molecule is CCC(C)O.CCC(C)O.O[Si](C1CCCCC1)(C1CCCCC1)C1CCCCC1.O[Si](C1CCCCC1)(C1CCCCC1)C1CCCCC1.[Zr]. The molecule has 2 atom stereocenters. The molecule has 0 saturated heterocycles. The molecule has 51 heavy (non-hydrogen) atoms. The van der Waals surface area contributed by atoms with Gasteiger partial charge in [-0.15, -0.1) is 0 Å². The van der Waals surface area contributed by atoms with Crippen LogP contribution in [0.3, 0.4) is 0 Å². The van der Waals surface area contributed by atoms with Crippen molar-refractivity contribution in [1.82, 2.24) is 0 Å². The van der Waals surface area contributed by atoms with E-state index >= 15 is 0 Å². The second kappa shape index (κ2) is 26.9. The summed E-state index contributed by atoms with van der Waals surface area (Å²) in [5.41, 5.74) is 4.60. The zero-order valence-electron chi connectivity index (χ0n) is 34.5. The van der Waals surface area contributed by atoms with Crippen LogP contribution in [0.15, 0.2) is 0 Å². The first-order valence-electron chi connectivity index (χ1n) is 23.0. The van der Waals surface area contributed by atoms with Crippen LogP contribution in [0, 0.1) is 0 Å². The van der Waals surface area contributed by atoms with Crippen molar-refractivity contribution in [3.05, 3.63) is 0 Å². The smallest absolute Gasteiger partial charge is 0.197 e. The molecule has 6 aliphatic carbocycles. The standard InChI is InChI=1S/2C18H34OSi.2C4H10O.Zr/c2*19-20(16-10-4-1-5-11-16,17-12-6-2-7-13-17)18-14-8-3-9-15-18;2*1-3-4(2)5;/h2*16-19H,1-15H2;2*4-5H,3H2,1-2H3;. The van der Waals surface area contributed by atoms with E-state index in [2.05, 4.69) is 0 Å². The van der Waals surface area contributed by atoms with Crippen LogP contribution in [0.2, 0.25) is 33.2 Å². The molecule has 0 radical (unpaired) electrons. The first-order valence-corrected chi connectivity index (χ1v) is 27.3. The van der Waals surface area contributed by atoms with Crippen molar-refractivity contribution in [3.63, 3.8) is 0 Å². The number of aliphatic hydroxyl groups is 2. The molecule has 300 valence electrons. The monoisotopic (exact) mass is 827 g/mol. The maximum absolute atomic E-state index is 12.0. The number of rotatable bonds is 8. The summed E-state index contributed by atoms with van der Waals surface area (Å²) in [4.78, 5) is 24.0. The molecule has 6 rings (SSSR count). The summed E-state index contributed by atoms with van der Waals surface area (Å²) in [6.45, 7) is 7.45. The van der Waals surface area contributed by atoms with E-state index in [4.69, 9.17) is 10.2 Å². The van der Waals surface area contributed by atoms with Gasteiger partial charge in [0.05, 0.1) is 12.2 Å². The topological polar surface area (TPSA) is 80.9 Å². The van der Waals surface area contributed by atoms with Gasteiger partial charge in [-0.3, -0.25) is 0 Å². The van der Waals surface area contributed by atoms with Crippen molar-refractivity contribution in [2.24, 2.45) is 0 Å². The molecule has 2 unspecified atom stereocenters. The maximum atomic E-state index is 12.0. The van der Waals surface area contributed by atoms with Crippen molar-refractivity contribution in [1.29, 1.82) is 0 Å². The molecule has 0 aromatic rings. The van der Waals surface area contributed by atoms with Gasteiger partial charge in [-0.25, -0.2) is 0 Å². The van der Waals surface area contributed by atoms with E-state index in [-0.39, 0.29) is 38.4 Å². The number of hydrogen-bond acceptors (Lipinski definition) is 4. The minimum atomic E-state index is -2.05. The third-order valence-electron chi connectivity index (χ3n) is 14.7. The summed E-state index contributed by atoms with van der Waals surface area (Å²) < 4.78 is 0. The molecule has 0 amide bonds. The fourth-order valence-corrected chi connectivity index (χ4v) is 23.4. The fraction of sp³-hybridized carbons (Fsp3) is 1.00. The van der Waals surface area contributed by atoms with Gasteiger partial charge in [0.15, 0.2) is 16.6 Å². The first-order chi connectivity index (χ1) is 24.2. The molecule has 7 heteroatoms. The summed E-state index contributed by atoms with van der Waals surface area (Å²) in [5.74, 6) is 0. The Morgan fingerprint density at radius 1 is 0.353 bits per heavy atom. The third-order valence-corrected chi connectivity index (χ3v) is 26.0. The molecule has 4 nitrogen and oxygen atoms in total. The van der Waals surface area contributed by atoms with E-state index in [1.54, 1.807) is 13.8 Å². The molecular weight excluding hydrogens is 740 g/mol. The molecule has 0 aliphatic heterocycles. The Morgan fingerprint density at radius 2 is 0.471 bits per heavy atom. The first kappa shape index (κ1) is 48.3. The minimum Gasteiger partial charge on any atom is -0.431 e. The molecule has 6 aliphatic rings. The zero-order valence-corrected chi connectivity index (χ0v) is 39.0. The quantitative estimate of drug-likeness (QED) is 0.184. The molecule has 4 N–H and O–H groups in total. The summed E-state index contributed by atoms with van der Waals surface area (Å²) in [7, 11) is -4.09. The van der Waals surface area contributed by atoms with Gasteiger partial charge in [0, 0.05) is 26.2 Å². The largest absolute Gasteiger partial charge is 0.431 e. The molecule has 6 fully saturated rings. The van der Waals surface area contributed by atoms with E-state index < -0.39 is 16.6 Å². The van der Waals surface area contributed by atoms with Gasteiger partial charge in [-0.2, -0.15) is 0 Å². The van der Waals surface area contributed by atoms with E-state index in [0.717, 1.165) is 46.1 Å². The minimum absolute atomic E-state index is 0.